The van der Waals surface area contributed by atoms with Crippen LogP contribution in [0.4, 0.5) is 15.0 Å². The summed E-state index contributed by atoms with van der Waals surface area (Å²) in [6.45, 7) is 1.77. The standard InChI is InChI=1S/C24H24Cl2FN3O4/c1-13(21-17(25)7-8-18(27)22(21)26)34-20-10-16(11-29-23(20)28)14-5-6-15(19(9-14)32-4)12-33-24(31)30(2)3/h5-11,13H,12H2,1-4H3,(H2,28,29)/p+1. The first-order chi connectivity index (χ1) is 16.1. The highest BCUT2D eigenvalue weighted by molar-refractivity contribution is 6.36. The van der Waals surface area contributed by atoms with E-state index in [4.69, 9.17) is 43.1 Å². The van der Waals surface area contributed by atoms with E-state index < -0.39 is 11.9 Å². The van der Waals surface area contributed by atoms with Gasteiger partial charge in [-0.05, 0) is 36.8 Å². The monoisotopic (exact) mass is 508 g/mol. The summed E-state index contributed by atoms with van der Waals surface area (Å²) in [5, 5.41) is 0.165. The summed E-state index contributed by atoms with van der Waals surface area (Å²) in [6.07, 6.45) is 0.530. The fourth-order valence-electron chi connectivity index (χ4n) is 3.20. The van der Waals surface area contributed by atoms with Gasteiger partial charge >= 0.3 is 6.09 Å². The van der Waals surface area contributed by atoms with Crippen molar-refractivity contribution in [1.29, 1.82) is 0 Å². The van der Waals surface area contributed by atoms with Crippen molar-refractivity contribution in [1.82, 2.24) is 4.98 Å². The Morgan fingerprint density at radius 3 is 2.53 bits per heavy atom. The Bertz CT molecular complexity index is 1210. The quantitative estimate of drug-likeness (QED) is 0.449. The van der Waals surface area contributed by atoms with E-state index >= 15 is 0 Å². The largest absolute Gasteiger partial charge is 0.514 e. The molecule has 0 saturated carbocycles. The van der Waals surface area contributed by atoms with Gasteiger partial charge in [0.15, 0.2) is 11.6 Å². The Kier molecular flexibility index (Phi) is 8.19. The zero-order valence-electron chi connectivity index (χ0n) is 19.1. The van der Waals surface area contributed by atoms with E-state index in [0.717, 1.165) is 5.56 Å². The normalized spacial score (nSPS) is 11.9. The average molecular weight is 509 g/mol. The fraction of sp³-hybridized carbons (Fsp3) is 0.250. The number of nitrogens with zero attached hydrogens (tertiary/aromatic N) is 1. The van der Waals surface area contributed by atoms with Crippen LogP contribution in [0.2, 0.25) is 10.0 Å². The predicted octanol–water partition coefficient (Wildman–Crippen LogP) is 4.71. The molecule has 0 bridgehead atoms. The van der Waals surface area contributed by atoms with Gasteiger partial charge in [-0.1, -0.05) is 35.3 Å². The van der Waals surface area contributed by atoms with Crippen LogP contribution in [0, 0.1) is 5.82 Å². The van der Waals surface area contributed by atoms with E-state index in [9.17, 15) is 9.18 Å². The van der Waals surface area contributed by atoms with Gasteiger partial charge in [-0.2, -0.15) is 4.79 Å². The number of quaternary nitrogens is 1. The Labute approximate surface area is 207 Å². The predicted molar refractivity (Wildman–Crippen MR) is 129 cm³/mol. The van der Waals surface area contributed by atoms with Gasteiger partial charge in [-0.15, -0.1) is 0 Å². The van der Waals surface area contributed by atoms with Crippen molar-refractivity contribution in [3.8, 4) is 22.6 Å². The number of carbonyl (C=O) groups is 1. The minimum absolute atomic E-state index is 0.0779. The maximum atomic E-state index is 13.9. The van der Waals surface area contributed by atoms with Crippen LogP contribution >= 0.6 is 23.2 Å². The number of hydrogen-bond donors (Lipinski definition) is 2. The molecule has 1 atom stereocenters. The van der Waals surface area contributed by atoms with Gasteiger partial charge in [0, 0.05) is 27.9 Å². The molecular formula is C24H25Cl2FN3O4+. The van der Waals surface area contributed by atoms with Crippen LogP contribution in [-0.2, 0) is 11.3 Å². The van der Waals surface area contributed by atoms with E-state index in [1.807, 2.05) is 6.07 Å². The highest BCUT2D eigenvalue weighted by Crippen LogP contribution is 2.37. The minimum Gasteiger partial charge on any atom is -0.496 e. The smallest absolute Gasteiger partial charge is 0.496 e. The van der Waals surface area contributed by atoms with Crippen molar-refractivity contribution < 1.29 is 28.3 Å². The molecule has 0 aliphatic rings. The second-order valence-electron chi connectivity index (χ2n) is 7.73. The number of rotatable bonds is 7. The molecule has 1 aromatic heterocycles. The number of aromatic nitrogens is 1. The molecule has 2 aromatic carbocycles. The van der Waals surface area contributed by atoms with E-state index in [-0.39, 0.29) is 34.3 Å². The first-order valence-electron chi connectivity index (χ1n) is 10.3. The van der Waals surface area contributed by atoms with Crippen LogP contribution in [0.15, 0.2) is 42.6 Å². The van der Waals surface area contributed by atoms with Gasteiger partial charge in [0.2, 0.25) is 0 Å². The van der Waals surface area contributed by atoms with Crippen molar-refractivity contribution in [3.63, 3.8) is 0 Å². The second-order valence-corrected chi connectivity index (χ2v) is 8.51. The maximum absolute atomic E-state index is 13.9. The topological polar surface area (TPSA) is 88.1 Å². The molecule has 0 saturated heterocycles. The number of halogens is 3. The van der Waals surface area contributed by atoms with Gasteiger partial charge < -0.3 is 19.9 Å². The van der Waals surface area contributed by atoms with E-state index in [0.29, 0.717) is 27.3 Å². The van der Waals surface area contributed by atoms with Crippen LogP contribution in [-0.4, -0.2) is 32.3 Å². The summed E-state index contributed by atoms with van der Waals surface area (Å²) < 4.78 is 30.7. The number of alkyl carbamates (subject to hydrolysis) is 2. The third kappa shape index (κ3) is 5.70. The third-order valence-corrected chi connectivity index (χ3v) is 5.77. The Hall–Kier alpha value is -3.07. The van der Waals surface area contributed by atoms with Crippen molar-refractivity contribution >= 4 is 35.1 Å². The summed E-state index contributed by atoms with van der Waals surface area (Å²) in [4.78, 5) is 16.5. The van der Waals surface area contributed by atoms with Crippen molar-refractivity contribution in [2.45, 2.75) is 19.6 Å². The molecule has 7 nitrogen and oxygen atoms in total. The lowest BCUT2D eigenvalue weighted by Gasteiger charge is -2.19. The molecule has 0 aliphatic carbocycles. The summed E-state index contributed by atoms with van der Waals surface area (Å²) in [7, 11) is 4.91. The highest BCUT2D eigenvalue weighted by Gasteiger charge is 2.20. The zero-order chi connectivity index (χ0) is 25.0. The van der Waals surface area contributed by atoms with E-state index in [1.54, 1.807) is 45.4 Å². The van der Waals surface area contributed by atoms with Crippen molar-refractivity contribution in [3.05, 3.63) is 69.6 Å². The number of anilines is 1. The molecule has 1 heterocycles. The molecule has 180 valence electrons. The van der Waals surface area contributed by atoms with Gasteiger partial charge in [0.05, 0.1) is 26.2 Å². The summed E-state index contributed by atoms with van der Waals surface area (Å²) >= 11 is 12.3. The molecule has 3 aromatic rings. The first-order valence-corrected chi connectivity index (χ1v) is 11.1. The number of benzene rings is 2. The molecule has 1 amide bonds. The lowest BCUT2D eigenvalue weighted by Crippen LogP contribution is -3.08. The lowest BCUT2D eigenvalue weighted by atomic mass is 10.0. The Balaban J connectivity index is 1.87. The first kappa shape index (κ1) is 25.6. The molecule has 0 radical (unpaired) electrons. The molecule has 34 heavy (non-hydrogen) atoms. The average Bonchev–Trinajstić information content (AvgIpc) is 2.81. The Morgan fingerprint density at radius 1 is 1.15 bits per heavy atom. The molecular weight excluding hydrogens is 484 g/mol. The molecule has 1 unspecified atom stereocenters. The summed E-state index contributed by atoms with van der Waals surface area (Å²) in [5.41, 5.74) is 8.52. The van der Waals surface area contributed by atoms with Crippen LogP contribution in [0.3, 0.4) is 0 Å². The maximum Gasteiger partial charge on any atom is 0.514 e. The lowest BCUT2D eigenvalue weighted by molar-refractivity contribution is -0.778. The number of amides is 1. The fourth-order valence-corrected chi connectivity index (χ4v) is 3.88. The molecule has 0 aliphatic heterocycles. The Morgan fingerprint density at radius 2 is 1.85 bits per heavy atom. The summed E-state index contributed by atoms with van der Waals surface area (Å²) in [6, 6.07) is 9.77. The van der Waals surface area contributed by atoms with E-state index in [1.165, 1.54) is 19.2 Å². The highest BCUT2D eigenvalue weighted by atomic mass is 35.5. The third-order valence-electron chi connectivity index (χ3n) is 5.06. The number of carbonyl (C=O) groups excluding carboxylic acids is 1. The molecule has 3 N–H and O–H groups in total. The van der Waals surface area contributed by atoms with Gasteiger partial charge in [0.1, 0.15) is 24.3 Å². The van der Waals surface area contributed by atoms with Crippen LogP contribution in [0.1, 0.15) is 24.2 Å². The molecule has 0 fully saturated rings. The van der Waals surface area contributed by atoms with Crippen LogP contribution in [0.5, 0.6) is 11.5 Å². The number of nitrogen functional groups attached to an aromatic ring is 1. The number of pyridine rings is 1. The van der Waals surface area contributed by atoms with Crippen molar-refractivity contribution in [2.24, 2.45) is 0 Å². The van der Waals surface area contributed by atoms with Gasteiger partial charge in [-0.25, -0.2) is 14.3 Å². The van der Waals surface area contributed by atoms with Gasteiger partial charge in [-0.3, -0.25) is 0 Å². The summed E-state index contributed by atoms with van der Waals surface area (Å²) in [5.74, 6) is 0.388. The molecule has 3 rings (SSSR count). The zero-order valence-corrected chi connectivity index (χ0v) is 20.6. The second kappa shape index (κ2) is 10.9. The van der Waals surface area contributed by atoms with E-state index in [2.05, 4.69) is 4.98 Å². The number of nitrogens with one attached hydrogen (secondary N) is 1. The van der Waals surface area contributed by atoms with Crippen molar-refractivity contribution in [2.75, 3.05) is 26.9 Å². The SMILES string of the molecule is COc1cc(-c2cnc(N)c(OC(C)c3c(Cl)ccc(F)c3Cl)c2)ccc1COC(=O)[NH+](C)C. The number of methoxy groups -OCH3 is 1. The molecule has 10 heteroatoms. The minimum atomic E-state index is -0.694. The number of nitrogens with two attached hydrogens (primary N) is 1. The molecule has 0 spiro atoms. The number of ether oxygens (including phenoxy) is 3. The van der Waals surface area contributed by atoms with Gasteiger partial charge in [0.25, 0.3) is 0 Å². The van der Waals surface area contributed by atoms with Crippen LogP contribution < -0.4 is 20.1 Å². The number of hydrogen-bond acceptors (Lipinski definition) is 6. The van der Waals surface area contributed by atoms with Crippen LogP contribution in [0.25, 0.3) is 11.1 Å².